The summed E-state index contributed by atoms with van der Waals surface area (Å²) in [5, 5.41) is 10.8. The number of hydrogen-bond acceptors (Lipinski definition) is 3. The van der Waals surface area contributed by atoms with E-state index in [-0.39, 0.29) is 39.8 Å². The van der Waals surface area contributed by atoms with Crippen molar-refractivity contribution in [2.24, 2.45) is 39.4 Å². The van der Waals surface area contributed by atoms with Crippen LogP contribution < -0.4 is 0 Å². The molecule has 1 N–H and O–H groups in total. The van der Waals surface area contributed by atoms with Gasteiger partial charge in [-0.05, 0) is 105 Å². The van der Waals surface area contributed by atoms with Crippen LogP contribution >= 0.6 is 0 Å². The summed E-state index contributed by atoms with van der Waals surface area (Å²) in [5.74, 6) is 1.45. The van der Waals surface area contributed by atoms with Crippen LogP contribution in [0, 0.1) is 39.4 Å². The number of carbonyl (C=O) groups is 1. The maximum atomic E-state index is 12.5. The highest BCUT2D eigenvalue weighted by molar-refractivity contribution is 5.89. The first kappa shape index (κ1) is 24.6. The molecule has 0 bridgehead atoms. The van der Waals surface area contributed by atoms with Crippen molar-refractivity contribution in [2.75, 3.05) is 0 Å². The molecule has 3 heteroatoms. The Balaban J connectivity index is 1.48. The van der Waals surface area contributed by atoms with E-state index in [4.69, 9.17) is 4.74 Å². The highest BCUT2D eigenvalue weighted by atomic mass is 16.5. The number of aliphatic hydroxyl groups excluding tert-OH is 1. The monoisotopic (exact) mass is 468 g/mol. The number of allylic oxidation sites excluding steroid dienone is 2. The number of cyclic esters (lactones) is 1. The van der Waals surface area contributed by atoms with Crippen LogP contribution in [0.5, 0.6) is 0 Å². The summed E-state index contributed by atoms with van der Waals surface area (Å²) in [7, 11) is 0. The van der Waals surface area contributed by atoms with Crippen LogP contribution in [-0.4, -0.2) is 23.3 Å². The average molecular weight is 469 g/mol. The van der Waals surface area contributed by atoms with Gasteiger partial charge >= 0.3 is 5.97 Å². The fraction of sp³-hybridized carbons (Fsp3) is 0.839. The van der Waals surface area contributed by atoms with Crippen LogP contribution in [0.15, 0.2) is 22.3 Å². The molecular formula is C31H48O3. The van der Waals surface area contributed by atoms with Gasteiger partial charge in [-0.3, -0.25) is 0 Å². The predicted octanol–water partition coefficient (Wildman–Crippen LogP) is 7.38. The van der Waals surface area contributed by atoms with Crippen LogP contribution in [-0.2, 0) is 9.53 Å². The normalized spacial score (nSPS) is 47.0. The molecule has 190 valence electrons. The highest BCUT2D eigenvalue weighted by Gasteiger charge is 2.63. The molecule has 2 fully saturated rings. The zero-order chi connectivity index (χ0) is 24.8. The van der Waals surface area contributed by atoms with Crippen LogP contribution in [0.4, 0.5) is 0 Å². The van der Waals surface area contributed by atoms with Crippen molar-refractivity contribution in [1.82, 2.24) is 0 Å². The van der Waals surface area contributed by atoms with E-state index in [1.54, 1.807) is 11.1 Å². The van der Waals surface area contributed by atoms with E-state index in [1.807, 2.05) is 6.92 Å². The van der Waals surface area contributed by atoms with E-state index in [9.17, 15) is 9.90 Å². The minimum absolute atomic E-state index is 0.00568. The molecule has 4 aliphatic carbocycles. The fourth-order valence-electron chi connectivity index (χ4n) is 10.0. The first-order chi connectivity index (χ1) is 15.8. The molecule has 5 aliphatic rings. The van der Waals surface area contributed by atoms with Gasteiger partial charge in [0.2, 0.25) is 0 Å². The zero-order valence-electron chi connectivity index (χ0n) is 23.0. The standard InChI is InChI=1S/C31H48O3/c1-18-17-24(34-27(33)19(18)2)20(3)21-11-15-31(8)23-9-10-25-28(4,5)26(32)13-14-29(25,6)22(23)12-16-30(21,31)7/h20-21,24-26,32H,9-17H2,1-8H3/t20?,21-,24-,25+,26+,29-,30-,31+/m1/s1. The minimum atomic E-state index is -0.173. The maximum absolute atomic E-state index is 12.5. The van der Waals surface area contributed by atoms with Gasteiger partial charge in [0.15, 0.2) is 0 Å². The number of hydrogen-bond donors (Lipinski definition) is 1. The van der Waals surface area contributed by atoms with Crippen molar-refractivity contribution < 1.29 is 14.6 Å². The molecular weight excluding hydrogens is 420 g/mol. The summed E-state index contributed by atoms with van der Waals surface area (Å²) < 4.78 is 5.99. The molecule has 3 nitrogen and oxygen atoms in total. The van der Waals surface area contributed by atoms with E-state index < -0.39 is 0 Å². The van der Waals surface area contributed by atoms with Gasteiger partial charge in [0.1, 0.15) is 6.10 Å². The first-order valence-electron chi connectivity index (χ1n) is 14.1. The molecule has 0 aromatic carbocycles. The van der Waals surface area contributed by atoms with Crippen LogP contribution in [0.3, 0.4) is 0 Å². The van der Waals surface area contributed by atoms with Crippen molar-refractivity contribution in [3.63, 3.8) is 0 Å². The summed E-state index contributed by atoms with van der Waals surface area (Å²) in [6, 6.07) is 0. The van der Waals surface area contributed by atoms with Gasteiger partial charge in [0, 0.05) is 12.0 Å². The van der Waals surface area contributed by atoms with E-state index in [0.717, 1.165) is 24.8 Å². The number of fused-ring (bicyclic) bond motifs is 4. The molecule has 5 rings (SSSR count). The Morgan fingerprint density at radius 3 is 2.32 bits per heavy atom. The molecule has 8 atom stereocenters. The van der Waals surface area contributed by atoms with Gasteiger partial charge in [-0.2, -0.15) is 0 Å². The molecule has 1 heterocycles. The fourth-order valence-corrected chi connectivity index (χ4v) is 10.0. The molecule has 0 spiro atoms. The third kappa shape index (κ3) is 3.07. The summed E-state index contributed by atoms with van der Waals surface area (Å²) in [4.78, 5) is 12.5. The van der Waals surface area contributed by atoms with Gasteiger partial charge in [-0.1, -0.05) is 58.3 Å². The molecule has 1 unspecified atom stereocenters. The highest BCUT2D eigenvalue weighted by Crippen LogP contribution is 2.72. The van der Waals surface area contributed by atoms with Gasteiger partial charge in [-0.25, -0.2) is 4.79 Å². The number of rotatable bonds is 2. The van der Waals surface area contributed by atoms with Gasteiger partial charge in [-0.15, -0.1) is 0 Å². The number of esters is 1. The average Bonchev–Trinajstić information content (AvgIpc) is 3.05. The zero-order valence-corrected chi connectivity index (χ0v) is 23.0. The van der Waals surface area contributed by atoms with Gasteiger partial charge < -0.3 is 9.84 Å². The second kappa shape index (κ2) is 7.70. The lowest BCUT2D eigenvalue weighted by Crippen LogP contribution is -2.55. The molecule has 2 saturated carbocycles. The minimum Gasteiger partial charge on any atom is -0.458 e. The number of carbonyl (C=O) groups excluding carboxylic acids is 1. The molecule has 0 aromatic rings. The molecule has 0 radical (unpaired) electrons. The third-order valence-electron chi connectivity index (χ3n) is 12.7. The SMILES string of the molecule is CC1=C(C)C(=O)O[C@@H](C(C)[C@H]2CC[C@@]3(C)C4=C(CC[C@]23C)[C@@]2(C)CC[C@H](O)C(C)(C)[C@@H]2CC4)C1. The lowest BCUT2D eigenvalue weighted by molar-refractivity contribution is -0.151. The lowest BCUT2D eigenvalue weighted by Gasteiger charge is -2.62. The van der Waals surface area contributed by atoms with E-state index in [0.29, 0.717) is 17.8 Å². The number of aliphatic hydroxyl groups is 1. The third-order valence-corrected chi connectivity index (χ3v) is 12.7. The van der Waals surface area contributed by atoms with Crippen LogP contribution in [0.1, 0.15) is 113 Å². The summed E-state index contributed by atoms with van der Waals surface area (Å²) >= 11 is 0. The Labute approximate surface area is 207 Å². The molecule has 0 aromatic heterocycles. The number of ether oxygens (including phenoxy) is 1. The molecule has 0 saturated heterocycles. The summed E-state index contributed by atoms with van der Waals surface area (Å²) in [6.45, 7) is 18.7. The first-order valence-corrected chi connectivity index (χ1v) is 14.1. The van der Waals surface area contributed by atoms with E-state index in [2.05, 4.69) is 48.5 Å². The Hall–Kier alpha value is -1.09. The van der Waals surface area contributed by atoms with Crippen LogP contribution in [0.25, 0.3) is 0 Å². The largest absolute Gasteiger partial charge is 0.458 e. The predicted molar refractivity (Wildman–Crippen MR) is 137 cm³/mol. The van der Waals surface area contributed by atoms with E-state index in [1.165, 1.54) is 44.1 Å². The summed E-state index contributed by atoms with van der Waals surface area (Å²) in [5.41, 5.74) is 6.31. The van der Waals surface area contributed by atoms with Crippen molar-refractivity contribution in [1.29, 1.82) is 0 Å². The molecule has 34 heavy (non-hydrogen) atoms. The van der Waals surface area contributed by atoms with E-state index >= 15 is 0 Å². The Morgan fingerprint density at radius 1 is 0.941 bits per heavy atom. The van der Waals surface area contributed by atoms with Crippen molar-refractivity contribution >= 4 is 5.97 Å². The molecule has 1 aliphatic heterocycles. The van der Waals surface area contributed by atoms with Crippen molar-refractivity contribution in [2.45, 2.75) is 125 Å². The Morgan fingerprint density at radius 2 is 1.65 bits per heavy atom. The molecule has 0 amide bonds. The topological polar surface area (TPSA) is 46.5 Å². The summed E-state index contributed by atoms with van der Waals surface area (Å²) in [6.07, 6.45) is 10.2. The second-order valence-corrected chi connectivity index (χ2v) is 14.1. The second-order valence-electron chi connectivity index (χ2n) is 14.1. The van der Waals surface area contributed by atoms with Crippen molar-refractivity contribution in [3.8, 4) is 0 Å². The lowest BCUT2D eigenvalue weighted by atomic mass is 9.43. The Kier molecular flexibility index (Phi) is 5.57. The maximum Gasteiger partial charge on any atom is 0.333 e. The smallest absolute Gasteiger partial charge is 0.333 e. The quantitative estimate of drug-likeness (QED) is 0.339. The van der Waals surface area contributed by atoms with Crippen LogP contribution in [0.2, 0.25) is 0 Å². The van der Waals surface area contributed by atoms with Gasteiger partial charge in [0.05, 0.1) is 6.10 Å². The van der Waals surface area contributed by atoms with Gasteiger partial charge in [0.25, 0.3) is 0 Å². The Bertz CT molecular complexity index is 956. The van der Waals surface area contributed by atoms with Crippen molar-refractivity contribution in [3.05, 3.63) is 22.3 Å².